The van der Waals surface area contributed by atoms with Gasteiger partial charge in [-0.25, -0.2) is 9.97 Å². The molecular formula is C19H18N6S2. The van der Waals surface area contributed by atoms with Gasteiger partial charge in [-0.15, -0.1) is 16.4 Å². The Morgan fingerprint density at radius 2 is 1.89 bits per heavy atom. The first-order chi connectivity index (χ1) is 13.1. The van der Waals surface area contributed by atoms with Gasteiger partial charge in [0.15, 0.2) is 0 Å². The van der Waals surface area contributed by atoms with Crippen LogP contribution in [0, 0.1) is 20.8 Å². The zero-order valence-electron chi connectivity index (χ0n) is 15.4. The van der Waals surface area contributed by atoms with Gasteiger partial charge in [-0.1, -0.05) is 18.2 Å². The number of hydrogen-bond donors (Lipinski definition) is 0. The van der Waals surface area contributed by atoms with Crippen LogP contribution in [0.2, 0.25) is 0 Å². The van der Waals surface area contributed by atoms with Crippen LogP contribution in [-0.2, 0) is 12.8 Å². The van der Waals surface area contributed by atoms with Gasteiger partial charge in [-0.2, -0.15) is 4.68 Å². The van der Waals surface area contributed by atoms with E-state index in [0.29, 0.717) is 0 Å². The monoisotopic (exact) mass is 394 g/mol. The van der Waals surface area contributed by atoms with E-state index in [1.54, 1.807) is 0 Å². The van der Waals surface area contributed by atoms with E-state index in [9.17, 15) is 0 Å². The molecule has 0 saturated carbocycles. The van der Waals surface area contributed by atoms with Crippen molar-refractivity contribution in [3.05, 3.63) is 45.6 Å². The molecule has 6 nitrogen and oxygen atoms in total. The molecule has 0 bridgehead atoms. The maximum absolute atomic E-state index is 4.76. The highest BCUT2D eigenvalue weighted by Crippen LogP contribution is 2.42. The molecule has 1 aliphatic carbocycles. The molecule has 0 spiro atoms. The SMILES string of the molecule is Cc1nc(Sc2nnnn2-c2c(C)cccc2C)c2c3c(sc2n1)CCC3. The standard InChI is InChI=1S/C19H18N6S2/c1-10-6-4-7-11(2)16(10)25-19(22-23-24-25)27-18-15-13-8-5-9-14(13)26-17(15)20-12(3)21-18/h4,6-7H,5,8-9H2,1-3H3. The first-order valence-corrected chi connectivity index (χ1v) is 10.6. The second-order valence-electron chi connectivity index (χ2n) is 6.83. The number of fused-ring (bicyclic) bond motifs is 3. The summed E-state index contributed by atoms with van der Waals surface area (Å²) < 4.78 is 1.82. The Morgan fingerprint density at radius 1 is 1.07 bits per heavy atom. The molecule has 0 saturated heterocycles. The third-order valence-electron chi connectivity index (χ3n) is 4.92. The molecule has 0 atom stereocenters. The average Bonchev–Trinajstić information content (AvgIpc) is 3.31. The van der Waals surface area contributed by atoms with E-state index >= 15 is 0 Å². The zero-order chi connectivity index (χ0) is 18.5. The van der Waals surface area contributed by atoms with Crippen molar-refractivity contribution in [1.29, 1.82) is 0 Å². The van der Waals surface area contributed by atoms with Crippen molar-refractivity contribution >= 4 is 33.3 Å². The number of thiophene rings is 1. The molecule has 5 rings (SSSR count). The summed E-state index contributed by atoms with van der Waals surface area (Å²) in [4.78, 5) is 12.0. The van der Waals surface area contributed by atoms with Crippen molar-refractivity contribution in [1.82, 2.24) is 30.2 Å². The average molecular weight is 395 g/mol. The molecule has 0 radical (unpaired) electrons. The topological polar surface area (TPSA) is 69.4 Å². The molecule has 0 aliphatic heterocycles. The lowest BCUT2D eigenvalue weighted by atomic mass is 10.1. The Bertz CT molecular complexity index is 1160. The van der Waals surface area contributed by atoms with Gasteiger partial charge in [0.1, 0.15) is 15.7 Å². The maximum atomic E-state index is 4.76. The lowest BCUT2D eigenvalue weighted by molar-refractivity contribution is 0.747. The summed E-state index contributed by atoms with van der Waals surface area (Å²) in [6.45, 7) is 6.11. The predicted molar refractivity (Wildman–Crippen MR) is 107 cm³/mol. The maximum Gasteiger partial charge on any atom is 0.220 e. The normalized spacial score (nSPS) is 13.4. The van der Waals surface area contributed by atoms with Crippen molar-refractivity contribution < 1.29 is 0 Å². The quantitative estimate of drug-likeness (QED) is 0.484. The van der Waals surface area contributed by atoms with Crippen LogP contribution in [0.5, 0.6) is 0 Å². The fraction of sp³-hybridized carbons (Fsp3) is 0.316. The predicted octanol–water partition coefficient (Wildman–Crippen LogP) is 4.23. The number of nitrogens with zero attached hydrogens (tertiary/aromatic N) is 6. The van der Waals surface area contributed by atoms with E-state index in [0.717, 1.165) is 50.5 Å². The summed E-state index contributed by atoms with van der Waals surface area (Å²) in [6, 6.07) is 6.21. The highest BCUT2D eigenvalue weighted by Gasteiger charge is 2.24. The number of aryl methyl sites for hydroxylation is 5. The Labute approximate surface area is 165 Å². The van der Waals surface area contributed by atoms with Crippen molar-refractivity contribution in [2.75, 3.05) is 0 Å². The fourth-order valence-corrected chi connectivity index (χ4v) is 6.08. The molecule has 1 aromatic carbocycles. The number of tetrazole rings is 1. The molecule has 0 amide bonds. The minimum atomic E-state index is 0.727. The molecule has 4 aromatic rings. The summed E-state index contributed by atoms with van der Waals surface area (Å²) in [5.74, 6) is 0.788. The number of benzene rings is 1. The van der Waals surface area contributed by atoms with Crippen molar-refractivity contribution in [3.63, 3.8) is 0 Å². The van der Waals surface area contributed by atoms with Crippen molar-refractivity contribution in [3.8, 4) is 5.69 Å². The molecule has 8 heteroatoms. The Hall–Kier alpha value is -2.32. The zero-order valence-corrected chi connectivity index (χ0v) is 17.0. The van der Waals surface area contributed by atoms with Gasteiger partial charge < -0.3 is 0 Å². The number of aromatic nitrogens is 6. The van der Waals surface area contributed by atoms with Gasteiger partial charge in [0.25, 0.3) is 0 Å². The van der Waals surface area contributed by atoms with Gasteiger partial charge >= 0.3 is 0 Å². The summed E-state index contributed by atoms with van der Waals surface area (Å²) in [5.41, 5.74) is 4.74. The van der Waals surface area contributed by atoms with E-state index in [1.165, 1.54) is 34.0 Å². The lowest BCUT2D eigenvalue weighted by Crippen LogP contribution is -2.04. The van der Waals surface area contributed by atoms with Crippen LogP contribution in [-0.4, -0.2) is 30.2 Å². The lowest BCUT2D eigenvalue weighted by Gasteiger charge is -2.11. The summed E-state index contributed by atoms with van der Waals surface area (Å²) in [6.07, 6.45) is 3.48. The molecule has 0 fully saturated rings. The van der Waals surface area contributed by atoms with E-state index in [2.05, 4.69) is 52.6 Å². The van der Waals surface area contributed by atoms with Gasteiger partial charge in [0.05, 0.1) is 5.69 Å². The van der Waals surface area contributed by atoms with Crippen molar-refractivity contribution in [2.45, 2.75) is 50.2 Å². The van der Waals surface area contributed by atoms with Crippen LogP contribution in [0.3, 0.4) is 0 Å². The van der Waals surface area contributed by atoms with E-state index < -0.39 is 0 Å². The van der Waals surface area contributed by atoms with Crippen LogP contribution >= 0.6 is 23.1 Å². The Kier molecular flexibility index (Phi) is 3.98. The van der Waals surface area contributed by atoms with Crippen LogP contribution in [0.25, 0.3) is 15.9 Å². The smallest absolute Gasteiger partial charge is 0.220 e. The largest absolute Gasteiger partial charge is 0.226 e. The third kappa shape index (κ3) is 2.74. The molecule has 0 unspecified atom stereocenters. The van der Waals surface area contributed by atoms with Crippen LogP contribution < -0.4 is 0 Å². The highest BCUT2D eigenvalue weighted by atomic mass is 32.2. The van der Waals surface area contributed by atoms with Crippen LogP contribution in [0.1, 0.15) is 33.8 Å². The second-order valence-corrected chi connectivity index (χ2v) is 8.87. The molecule has 3 heterocycles. The van der Waals surface area contributed by atoms with Gasteiger partial charge in [-0.3, -0.25) is 0 Å². The second kappa shape index (κ2) is 6.38. The van der Waals surface area contributed by atoms with Crippen molar-refractivity contribution in [2.24, 2.45) is 0 Å². The molecule has 3 aromatic heterocycles. The van der Waals surface area contributed by atoms with Gasteiger partial charge in [0.2, 0.25) is 5.16 Å². The molecule has 0 N–H and O–H groups in total. The van der Waals surface area contributed by atoms with Crippen LogP contribution in [0.4, 0.5) is 0 Å². The molecule has 27 heavy (non-hydrogen) atoms. The molecule has 1 aliphatic rings. The minimum Gasteiger partial charge on any atom is -0.226 e. The first-order valence-electron chi connectivity index (χ1n) is 8.93. The number of rotatable bonds is 3. The third-order valence-corrected chi connectivity index (χ3v) is 7.04. The number of para-hydroxylation sites is 1. The highest BCUT2D eigenvalue weighted by molar-refractivity contribution is 7.99. The summed E-state index contributed by atoms with van der Waals surface area (Å²) in [7, 11) is 0. The summed E-state index contributed by atoms with van der Waals surface area (Å²) >= 11 is 3.34. The molecular weight excluding hydrogens is 376 g/mol. The van der Waals surface area contributed by atoms with Gasteiger partial charge in [-0.05, 0) is 78.9 Å². The number of hydrogen-bond acceptors (Lipinski definition) is 7. The van der Waals surface area contributed by atoms with E-state index in [-0.39, 0.29) is 0 Å². The molecule has 136 valence electrons. The van der Waals surface area contributed by atoms with E-state index in [4.69, 9.17) is 4.98 Å². The van der Waals surface area contributed by atoms with Crippen LogP contribution in [0.15, 0.2) is 28.4 Å². The summed E-state index contributed by atoms with van der Waals surface area (Å²) in [5, 5.41) is 15.4. The van der Waals surface area contributed by atoms with E-state index in [1.807, 2.05) is 22.9 Å². The van der Waals surface area contributed by atoms with Gasteiger partial charge in [0, 0.05) is 10.3 Å². The Morgan fingerprint density at radius 3 is 2.70 bits per heavy atom. The minimum absolute atomic E-state index is 0.727. The Balaban J connectivity index is 1.65. The fourth-order valence-electron chi connectivity index (χ4n) is 3.75. The first kappa shape index (κ1) is 16.8.